The highest BCUT2D eigenvalue weighted by Gasteiger charge is 2.07. The summed E-state index contributed by atoms with van der Waals surface area (Å²) < 4.78 is 1.85. The van der Waals surface area contributed by atoms with Gasteiger partial charge in [0.15, 0.2) is 0 Å². The fourth-order valence-corrected chi connectivity index (χ4v) is 3.03. The molecule has 0 amide bonds. The van der Waals surface area contributed by atoms with Gasteiger partial charge in [0, 0.05) is 24.0 Å². The van der Waals surface area contributed by atoms with Gasteiger partial charge in [-0.15, -0.1) is 0 Å². The minimum Gasteiger partial charge on any atom is -0.275 e. The van der Waals surface area contributed by atoms with E-state index in [-0.39, 0.29) is 0 Å². The highest BCUT2D eigenvalue weighted by atomic mass is 35.5. The molecule has 0 fully saturated rings. The molecule has 0 radical (unpaired) electrons. The average Bonchev–Trinajstić information content (AvgIpc) is 2.87. The SMILES string of the molecule is Cc1cc(-c2ccc3nc(Cl)ccc3c2)cc2cn(C)nc12. The summed E-state index contributed by atoms with van der Waals surface area (Å²) in [6.45, 7) is 2.10. The van der Waals surface area contributed by atoms with Crippen molar-refractivity contribution in [2.45, 2.75) is 6.92 Å². The molecule has 2 aromatic carbocycles. The van der Waals surface area contributed by atoms with Crippen LogP contribution in [0.3, 0.4) is 0 Å². The highest BCUT2D eigenvalue weighted by Crippen LogP contribution is 2.29. The normalized spacial score (nSPS) is 11.4. The third kappa shape index (κ3) is 2.14. The lowest BCUT2D eigenvalue weighted by molar-refractivity contribution is 0.779. The first kappa shape index (κ1) is 13.3. The Hall–Kier alpha value is -2.39. The zero-order valence-electron chi connectivity index (χ0n) is 12.3. The van der Waals surface area contributed by atoms with Crippen molar-refractivity contribution in [3.63, 3.8) is 0 Å². The number of benzene rings is 2. The lowest BCUT2D eigenvalue weighted by Crippen LogP contribution is -1.86. The summed E-state index contributed by atoms with van der Waals surface area (Å²) in [7, 11) is 1.95. The number of aryl methyl sites for hydroxylation is 2. The van der Waals surface area contributed by atoms with E-state index in [0.29, 0.717) is 5.15 Å². The van der Waals surface area contributed by atoms with Crippen LogP contribution in [0, 0.1) is 6.92 Å². The van der Waals surface area contributed by atoms with Gasteiger partial charge in [0.1, 0.15) is 5.15 Å². The minimum absolute atomic E-state index is 0.521. The van der Waals surface area contributed by atoms with Crippen LogP contribution in [0.5, 0.6) is 0 Å². The summed E-state index contributed by atoms with van der Waals surface area (Å²) in [5.41, 5.74) is 5.51. The second kappa shape index (κ2) is 4.82. The molecule has 0 saturated heterocycles. The average molecular weight is 308 g/mol. The third-order valence-electron chi connectivity index (χ3n) is 3.90. The van der Waals surface area contributed by atoms with E-state index in [2.05, 4.69) is 41.3 Å². The van der Waals surface area contributed by atoms with Gasteiger partial charge < -0.3 is 0 Å². The molecular formula is C18H14ClN3. The quantitative estimate of drug-likeness (QED) is 0.475. The Morgan fingerprint density at radius 2 is 1.77 bits per heavy atom. The highest BCUT2D eigenvalue weighted by molar-refractivity contribution is 6.29. The number of rotatable bonds is 1. The van der Waals surface area contributed by atoms with Crippen LogP contribution in [0.25, 0.3) is 32.9 Å². The molecule has 0 N–H and O–H groups in total. The predicted octanol–water partition coefficient (Wildman–Crippen LogP) is 4.75. The molecule has 108 valence electrons. The van der Waals surface area contributed by atoms with Crippen LogP contribution in [-0.4, -0.2) is 14.8 Å². The molecule has 0 aliphatic rings. The number of hydrogen-bond donors (Lipinski definition) is 0. The molecule has 2 heterocycles. The van der Waals surface area contributed by atoms with E-state index in [4.69, 9.17) is 11.6 Å². The number of aromatic nitrogens is 3. The van der Waals surface area contributed by atoms with E-state index in [1.807, 2.05) is 36.1 Å². The molecular weight excluding hydrogens is 294 g/mol. The Kier molecular flexibility index (Phi) is 2.91. The second-order valence-electron chi connectivity index (χ2n) is 5.58. The predicted molar refractivity (Wildman–Crippen MR) is 91.2 cm³/mol. The van der Waals surface area contributed by atoms with Crippen molar-refractivity contribution in [2.75, 3.05) is 0 Å². The maximum atomic E-state index is 5.94. The molecule has 4 rings (SSSR count). The number of nitrogens with zero attached hydrogens (tertiary/aromatic N) is 3. The van der Waals surface area contributed by atoms with E-state index in [0.717, 1.165) is 21.8 Å². The first-order chi connectivity index (χ1) is 10.6. The summed E-state index contributed by atoms with van der Waals surface area (Å²) in [6, 6.07) is 14.4. The smallest absolute Gasteiger partial charge is 0.129 e. The van der Waals surface area contributed by atoms with Crippen LogP contribution in [0.15, 0.2) is 48.7 Å². The van der Waals surface area contributed by atoms with E-state index >= 15 is 0 Å². The van der Waals surface area contributed by atoms with Gasteiger partial charge in [0.25, 0.3) is 0 Å². The third-order valence-corrected chi connectivity index (χ3v) is 4.11. The summed E-state index contributed by atoms with van der Waals surface area (Å²) in [4.78, 5) is 4.33. The van der Waals surface area contributed by atoms with Crippen LogP contribution in [0.4, 0.5) is 0 Å². The summed E-state index contributed by atoms with van der Waals surface area (Å²) >= 11 is 5.94. The Bertz CT molecular complexity index is 1020. The standard InChI is InChI=1S/C18H14ClN3/c1-11-7-14(9-15-10-22(2)21-18(11)15)12-3-5-16-13(8-12)4-6-17(19)20-16/h3-10H,1-2H3. The number of pyridine rings is 1. The Morgan fingerprint density at radius 3 is 2.64 bits per heavy atom. The minimum atomic E-state index is 0.521. The van der Waals surface area contributed by atoms with Crippen molar-refractivity contribution in [1.82, 2.24) is 14.8 Å². The molecule has 0 unspecified atom stereocenters. The fraction of sp³-hybridized carbons (Fsp3) is 0.111. The molecule has 4 aromatic rings. The van der Waals surface area contributed by atoms with Gasteiger partial charge in [-0.2, -0.15) is 5.10 Å². The van der Waals surface area contributed by atoms with Crippen molar-refractivity contribution in [3.8, 4) is 11.1 Å². The summed E-state index contributed by atoms with van der Waals surface area (Å²) in [5.74, 6) is 0. The van der Waals surface area contributed by atoms with Gasteiger partial charge in [0.2, 0.25) is 0 Å². The van der Waals surface area contributed by atoms with E-state index < -0.39 is 0 Å². The largest absolute Gasteiger partial charge is 0.275 e. The molecule has 0 atom stereocenters. The maximum Gasteiger partial charge on any atom is 0.129 e. The fourth-order valence-electron chi connectivity index (χ4n) is 2.88. The van der Waals surface area contributed by atoms with Gasteiger partial charge in [-0.3, -0.25) is 4.68 Å². The zero-order chi connectivity index (χ0) is 15.3. The van der Waals surface area contributed by atoms with Crippen molar-refractivity contribution in [1.29, 1.82) is 0 Å². The summed E-state index contributed by atoms with van der Waals surface area (Å²) in [5, 5.41) is 7.27. The van der Waals surface area contributed by atoms with Crippen LogP contribution >= 0.6 is 11.6 Å². The van der Waals surface area contributed by atoms with Gasteiger partial charge in [-0.25, -0.2) is 4.98 Å². The zero-order valence-corrected chi connectivity index (χ0v) is 13.1. The molecule has 2 aromatic heterocycles. The van der Waals surface area contributed by atoms with Crippen molar-refractivity contribution in [3.05, 3.63) is 59.4 Å². The molecule has 0 aliphatic heterocycles. The van der Waals surface area contributed by atoms with Crippen molar-refractivity contribution in [2.24, 2.45) is 7.05 Å². The van der Waals surface area contributed by atoms with Gasteiger partial charge >= 0.3 is 0 Å². The molecule has 0 bridgehead atoms. The first-order valence-corrected chi connectivity index (χ1v) is 7.49. The number of halogens is 1. The molecule has 0 spiro atoms. The van der Waals surface area contributed by atoms with E-state index in [1.165, 1.54) is 16.7 Å². The van der Waals surface area contributed by atoms with Crippen molar-refractivity contribution >= 4 is 33.4 Å². The number of fused-ring (bicyclic) bond motifs is 2. The Labute approximate surface area is 133 Å². The van der Waals surface area contributed by atoms with Crippen LogP contribution < -0.4 is 0 Å². The van der Waals surface area contributed by atoms with Crippen LogP contribution in [0.1, 0.15) is 5.56 Å². The molecule has 0 aliphatic carbocycles. The van der Waals surface area contributed by atoms with Gasteiger partial charge in [-0.1, -0.05) is 17.7 Å². The molecule has 4 heteroatoms. The van der Waals surface area contributed by atoms with Crippen molar-refractivity contribution < 1.29 is 0 Å². The topological polar surface area (TPSA) is 30.7 Å². The number of hydrogen-bond acceptors (Lipinski definition) is 2. The molecule has 22 heavy (non-hydrogen) atoms. The van der Waals surface area contributed by atoms with Gasteiger partial charge in [-0.05, 0) is 60.0 Å². The Balaban J connectivity index is 1.92. The van der Waals surface area contributed by atoms with Crippen LogP contribution in [0.2, 0.25) is 5.15 Å². The summed E-state index contributed by atoms with van der Waals surface area (Å²) in [6.07, 6.45) is 2.05. The maximum absolute atomic E-state index is 5.94. The molecule has 3 nitrogen and oxygen atoms in total. The van der Waals surface area contributed by atoms with E-state index in [9.17, 15) is 0 Å². The van der Waals surface area contributed by atoms with Crippen LogP contribution in [-0.2, 0) is 7.05 Å². The Morgan fingerprint density at radius 1 is 0.955 bits per heavy atom. The lowest BCUT2D eigenvalue weighted by Gasteiger charge is -2.06. The van der Waals surface area contributed by atoms with E-state index in [1.54, 1.807) is 0 Å². The van der Waals surface area contributed by atoms with Gasteiger partial charge in [0.05, 0.1) is 11.0 Å². The monoisotopic (exact) mass is 307 g/mol. The first-order valence-electron chi connectivity index (χ1n) is 7.11. The lowest BCUT2D eigenvalue weighted by atomic mass is 9.99. The second-order valence-corrected chi connectivity index (χ2v) is 5.96. The molecule has 0 saturated carbocycles.